The summed E-state index contributed by atoms with van der Waals surface area (Å²) in [5.41, 5.74) is 1.58. The Morgan fingerprint density at radius 1 is 0.966 bits per heavy atom. The minimum atomic E-state index is -0.440. The van der Waals surface area contributed by atoms with E-state index < -0.39 is 5.54 Å². The summed E-state index contributed by atoms with van der Waals surface area (Å²) < 4.78 is 0. The fraction of sp³-hybridized carbons (Fsp3) is 0.200. The highest BCUT2D eigenvalue weighted by Gasteiger charge is 2.46. The fourth-order valence-electron chi connectivity index (χ4n) is 3.86. The van der Waals surface area contributed by atoms with E-state index >= 15 is 0 Å². The minimum Gasteiger partial charge on any atom is -0.273 e. The standard InChI is InChI=1S/C25H24N2O2/c1-25(2)17-24(29)27(23(28)16-15-19-9-4-3-5-10-19)26(25)18-21-13-8-12-20-11-6-7-14-22(20)21/h3-16H,17-18H2,1-2H3/b16-15+. The first-order chi connectivity index (χ1) is 14.0. The van der Waals surface area contributed by atoms with Crippen LogP contribution >= 0.6 is 0 Å². The minimum absolute atomic E-state index is 0.169. The molecule has 2 amide bonds. The highest BCUT2D eigenvalue weighted by Crippen LogP contribution is 2.33. The smallest absolute Gasteiger partial charge is 0.268 e. The quantitative estimate of drug-likeness (QED) is 0.606. The number of benzene rings is 3. The highest BCUT2D eigenvalue weighted by molar-refractivity contribution is 6.03. The first kappa shape index (κ1) is 19.1. The number of imide groups is 1. The van der Waals surface area contributed by atoms with Crippen LogP contribution in [0.15, 0.2) is 78.9 Å². The van der Waals surface area contributed by atoms with Crippen LogP contribution in [0.3, 0.4) is 0 Å². The molecule has 29 heavy (non-hydrogen) atoms. The van der Waals surface area contributed by atoms with E-state index in [1.165, 1.54) is 11.1 Å². The molecule has 0 spiro atoms. The fourth-order valence-corrected chi connectivity index (χ4v) is 3.86. The largest absolute Gasteiger partial charge is 0.273 e. The van der Waals surface area contributed by atoms with Crippen LogP contribution in [0.5, 0.6) is 0 Å². The van der Waals surface area contributed by atoms with Gasteiger partial charge in [-0.05, 0) is 41.8 Å². The van der Waals surface area contributed by atoms with Crippen LogP contribution in [0.1, 0.15) is 31.4 Å². The second-order valence-electron chi connectivity index (χ2n) is 7.97. The molecule has 4 rings (SSSR count). The molecule has 3 aromatic carbocycles. The van der Waals surface area contributed by atoms with Gasteiger partial charge in [-0.3, -0.25) is 9.59 Å². The van der Waals surface area contributed by atoms with E-state index in [1.807, 2.05) is 67.4 Å². The molecule has 0 bridgehead atoms. The lowest BCUT2D eigenvalue weighted by molar-refractivity contribution is -0.157. The molecule has 146 valence electrons. The lowest BCUT2D eigenvalue weighted by atomic mass is 9.99. The van der Waals surface area contributed by atoms with Crippen molar-refractivity contribution < 1.29 is 9.59 Å². The van der Waals surface area contributed by atoms with Gasteiger partial charge in [-0.2, -0.15) is 0 Å². The van der Waals surface area contributed by atoms with Crippen molar-refractivity contribution in [1.29, 1.82) is 0 Å². The molecule has 3 aromatic rings. The zero-order valence-electron chi connectivity index (χ0n) is 16.7. The molecule has 1 aliphatic heterocycles. The van der Waals surface area contributed by atoms with Crippen molar-refractivity contribution in [1.82, 2.24) is 10.0 Å². The molecule has 0 unspecified atom stereocenters. The number of hydrogen-bond donors (Lipinski definition) is 0. The van der Waals surface area contributed by atoms with Crippen LogP contribution in [0, 0.1) is 0 Å². The van der Waals surface area contributed by atoms with Gasteiger partial charge in [-0.15, -0.1) is 0 Å². The SMILES string of the molecule is CC1(C)CC(=O)N(C(=O)/C=C/c2ccccc2)N1Cc1cccc2ccccc12. The molecule has 4 heteroatoms. The van der Waals surface area contributed by atoms with Gasteiger partial charge in [0.25, 0.3) is 5.91 Å². The van der Waals surface area contributed by atoms with Crippen molar-refractivity contribution in [2.75, 3.05) is 0 Å². The lowest BCUT2D eigenvalue weighted by Gasteiger charge is -2.35. The predicted molar refractivity (Wildman–Crippen MR) is 116 cm³/mol. The van der Waals surface area contributed by atoms with Crippen LogP contribution in [-0.2, 0) is 16.1 Å². The van der Waals surface area contributed by atoms with Gasteiger partial charge >= 0.3 is 0 Å². The molecule has 1 saturated heterocycles. The zero-order chi connectivity index (χ0) is 20.4. The lowest BCUT2D eigenvalue weighted by Crippen LogP contribution is -2.48. The summed E-state index contributed by atoms with van der Waals surface area (Å²) in [6, 6.07) is 23.9. The van der Waals surface area contributed by atoms with Crippen LogP contribution in [0.25, 0.3) is 16.8 Å². The van der Waals surface area contributed by atoms with E-state index in [4.69, 9.17) is 0 Å². The van der Waals surface area contributed by atoms with Crippen molar-refractivity contribution in [3.05, 3.63) is 90.0 Å². The molecule has 0 saturated carbocycles. The van der Waals surface area contributed by atoms with E-state index in [1.54, 1.807) is 6.08 Å². The first-order valence-corrected chi connectivity index (χ1v) is 9.80. The van der Waals surface area contributed by atoms with Crippen molar-refractivity contribution in [3.8, 4) is 0 Å². The average Bonchev–Trinajstić information content (AvgIpc) is 2.95. The maximum atomic E-state index is 13.0. The summed E-state index contributed by atoms with van der Waals surface area (Å²) in [6.07, 6.45) is 3.53. The summed E-state index contributed by atoms with van der Waals surface area (Å²) in [5, 5.41) is 5.49. The molecule has 0 aliphatic carbocycles. The van der Waals surface area contributed by atoms with E-state index in [-0.39, 0.29) is 11.8 Å². The molecule has 0 N–H and O–H groups in total. The number of amides is 2. The van der Waals surface area contributed by atoms with Crippen LogP contribution in [0.4, 0.5) is 0 Å². The van der Waals surface area contributed by atoms with E-state index in [9.17, 15) is 9.59 Å². The average molecular weight is 384 g/mol. The number of carbonyl (C=O) groups excluding carboxylic acids is 2. The Balaban J connectivity index is 1.65. The molecule has 1 aliphatic rings. The summed E-state index contributed by atoms with van der Waals surface area (Å²) in [7, 11) is 0. The molecule has 1 fully saturated rings. The molecule has 1 heterocycles. The summed E-state index contributed by atoms with van der Waals surface area (Å²) >= 11 is 0. The number of carbonyl (C=O) groups is 2. The monoisotopic (exact) mass is 384 g/mol. The van der Waals surface area contributed by atoms with Gasteiger partial charge < -0.3 is 0 Å². The topological polar surface area (TPSA) is 40.6 Å². The van der Waals surface area contributed by atoms with E-state index in [2.05, 4.69) is 24.3 Å². The Morgan fingerprint density at radius 3 is 2.45 bits per heavy atom. The third kappa shape index (κ3) is 3.84. The second kappa shape index (κ2) is 7.64. The molecule has 4 nitrogen and oxygen atoms in total. The Labute approximate surface area is 171 Å². The Bertz CT molecular complexity index is 1080. The van der Waals surface area contributed by atoms with Gasteiger partial charge in [0.15, 0.2) is 0 Å². The number of fused-ring (bicyclic) bond motifs is 1. The molecule has 0 atom stereocenters. The summed E-state index contributed by atoms with van der Waals surface area (Å²) in [6.45, 7) is 4.50. The number of hydrogen-bond acceptors (Lipinski definition) is 3. The first-order valence-electron chi connectivity index (χ1n) is 9.80. The number of rotatable bonds is 4. The highest BCUT2D eigenvalue weighted by atomic mass is 16.2. The maximum Gasteiger partial charge on any atom is 0.268 e. The molecular formula is C25H24N2O2. The van der Waals surface area contributed by atoms with Gasteiger partial charge in [0, 0.05) is 24.6 Å². The van der Waals surface area contributed by atoms with Crippen molar-refractivity contribution >= 4 is 28.7 Å². The Kier molecular flexibility index (Phi) is 5.03. The van der Waals surface area contributed by atoms with Gasteiger partial charge in [0.05, 0.1) is 0 Å². The predicted octanol–water partition coefficient (Wildman–Crippen LogP) is 4.81. The molecule has 0 radical (unpaired) electrons. The number of hydrazine groups is 1. The second-order valence-corrected chi connectivity index (χ2v) is 7.97. The Morgan fingerprint density at radius 2 is 1.66 bits per heavy atom. The van der Waals surface area contributed by atoms with Crippen molar-refractivity contribution in [3.63, 3.8) is 0 Å². The third-order valence-electron chi connectivity index (χ3n) is 5.39. The van der Waals surface area contributed by atoms with E-state index in [0.717, 1.165) is 21.9 Å². The van der Waals surface area contributed by atoms with Gasteiger partial charge in [-0.1, -0.05) is 72.8 Å². The Hall–Kier alpha value is -3.24. The van der Waals surface area contributed by atoms with Gasteiger partial charge in [0.2, 0.25) is 5.91 Å². The molecular weight excluding hydrogens is 360 g/mol. The van der Waals surface area contributed by atoms with Crippen LogP contribution < -0.4 is 0 Å². The molecule has 0 aromatic heterocycles. The summed E-state index contributed by atoms with van der Waals surface area (Å²) in [5.74, 6) is -0.484. The van der Waals surface area contributed by atoms with Gasteiger partial charge in [-0.25, -0.2) is 10.0 Å². The number of nitrogens with zero attached hydrogens (tertiary/aromatic N) is 2. The maximum absolute atomic E-state index is 13.0. The zero-order valence-corrected chi connectivity index (χ0v) is 16.7. The normalized spacial score (nSPS) is 16.8. The van der Waals surface area contributed by atoms with Gasteiger partial charge in [0.1, 0.15) is 0 Å². The van der Waals surface area contributed by atoms with Crippen LogP contribution in [-0.4, -0.2) is 27.4 Å². The van der Waals surface area contributed by atoms with Crippen molar-refractivity contribution in [2.45, 2.75) is 32.4 Å². The van der Waals surface area contributed by atoms with Crippen LogP contribution in [0.2, 0.25) is 0 Å². The third-order valence-corrected chi connectivity index (χ3v) is 5.39. The van der Waals surface area contributed by atoms with E-state index in [0.29, 0.717) is 13.0 Å². The van der Waals surface area contributed by atoms with Crippen molar-refractivity contribution in [2.24, 2.45) is 0 Å². The summed E-state index contributed by atoms with van der Waals surface area (Å²) in [4.78, 5) is 25.7.